The number of nitrogens with one attached hydrogen (secondary N) is 2. The van der Waals surface area contributed by atoms with Crippen LogP contribution in [0.3, 0.4) is 0 Å². The third-order valence-electron chi connectivity index (χ3n) is 3.88. The summed E-state index contributed by atoms with van der Waals surface area (Å²) in [4.78, 5) is 27.9. The maximum Gasteiger partial charge on any atom is 0.257 e. The fourth-order valence-corrected chi connectivity index (χ4v) is 2.47. The smallest absolute Gasteiger partial charge is 0.257 e. The van der Waals surface area contributed by atoms with E-state index in [-0.39, 0.29) is 11.7 Å². The molecule has 132 valence electrons. The molecule has 3 rings (SSSR count). The molecular weight excluding hydrogens is 340 g/mol. The van der Waals surface area contributed by atoms with Crippen LogP contribution in [0.4, 0.5) is 17.1 Å². The zero-order chi connectivity index (χ0) is 19.2. The Morgan fingerprint density at radius 3 is 2.41 bits per heavy atom. The first-order chi connectivity index (χ1) is 13.1. The Morgan fingerprint density at radius 1 is 0.963 bits per heavy atom. The Labute approximate surface area is 156 Å². The molecule has 0 aliphatic carbocycles. The van der Waals surface area contributed by atoms with Crippen LogP contribution in [0.2, 0.25) is 0 Å². The van der Waals surface area contributed by atoms with Crippen LogP contribution in [0.5, 0.6) is 0 Å². The average molecular weight is 356 g/mol. The largest absolute Gasteiger partial charge is 0.354 e. The SMILES string of the molecule is CC(=O)c1ccc(Nc2cncc(C(=O)Nc3ccccc3C#N)c2)cc1. The minimum atomic E-state index is -0.360. The van der Waals surface area contributed by atoms with Gasteiger partial charge in [0.25, 0.3) is 5.91 Å². The number of ketones is 1. The number of rotatable bonds is 5. The molecule has 1 heterocycles. The summed E-state index contributed by atoms with van der Waals surface area (Å²) >= 11 is 0. The van der Waals surface area contributed by atoms with Crippen LogP contribution in [0, 0.1) is 11.3 Å². The van der Waals surface area contributed by atoms with E-state index in [2.05, 4.69) is 15.6 Å². The van der Waals surface area contributed by atoms with Crippen molar-refractivity contribution in [3.63, 3.8) is 0 Å². The molecule has 2 N–H and O–H groups in total. The van der Waals surface area contributed by atoms with Crippen molar-refractivity contribution in [2.75, 3.05) is 10.6 Å². The van der Waals surface area contributed by atoms with Crippen LogP contribution in [0.15, 0.2) is 67.0 Å². The van der Waals surface area contributed by atoms with Gasteiger partial charge >= 0.3 is 0 Å². The highest BCUT2D eigenvalue weighted by Crippen LogP contribution is 2.19. The lowest BCUT2D eigenvalue weighted by Gasteiger charge is -2.10. The lowest BCUT2D eigenvalue weighted by molar-refractivity contribution is 0.101. The molecule has 3 aromatic rings. The van der Waals surface area contributed by atoms with Gasteiger partial charge in [0.15, 0.2) is 5.78 Å². The molecule has 0 aliphatic heterocycles. The number of nitriles is 1. The Balaban J connectivity index is 1.76. The van der Waals surface area contributed by atoms with Crippen LogP contribution in [0.1, 0.15) is 33.2 Å². The first-order valence-corrected chi connectivity index (χ1v) is 8.20. The Bertz CT molecular complexity index is 1040. The molecule has 2 aromatic carbocycles. The Morgan fingerprint density at radius 2 is 1.70 bits per heavy atom. The first kappa shape index (κ1) is 17.8. The molecule has 1 aromatic heterocycles. The van der Waals surface area contributed by atoms with E-state index in [9.17, 15) is 9.59 Å². The van der Waals surface area contributed by atoms with E-state index in [4.69, 9.17) is 5.26 Å². The van der Waals surface area contributed by atoms with Gasteiger partial charge in [-0.25, -0.2) is 0 Å². The number of nitrogens with zero attached hydrogens (tertiary/aromatic N) is 2. The number of carbonyl (C=O) groups excluding carboxylic acids is 2. The molecular formula is C21H16N4O2. The number of hydrogen-bond acceptors (Lipinski definition) is 5. The molecule has 0 saturated heterocycles. The van der Waals surface area contributed by atoms with E-state index >= 15 is 0 Å². The second-order valence-corrected chi connectivity index (χ2v) is 5.83. The number of hydrogen-bond donors (Lipinski definition) is 2. The quantitative estimate of drug-likeness (QED) is 0.670. The van der Waals surface area contributed by atoms with E-state index < -0.39 is 0 Å². The van der Waals surface area contributed by atoms with E-state index in [1.54, 1.807) is 60.8 Å². The predicted octanol–water partition coefficient (Wildman–Crippen LogP) is 4.15. The molecule has 1 amide bonds. The molecule has 0 spiro atoms. The molecule has 0 saturated carbocycles. The lowest BCUT2D eigenvalue weighted by atomic mass is 10.1. The highest BCUT2D eigenvalue weighted by atomic mass is 16.1. The molecule has 0 radical (unpaired) electrons. The van der Waals surface area contributed by atoms with E-state index in [1.807, 2.05) is 6.07 Å². The summed E-state index contributed by atoms with van der Waals surface area (Å²) in [5, 5.41) is 15.0. The van der Waals surface area contributed by atoms with Crippen LogP contribution in [-0.2, 0) is 0 Å². The number of carbonyl (C=O) groups is 2. The van der Waals surface area contributed by atoms with Gasteiger partial charge in [-0.2, -0.15) is 5.26 Å². The van der Waals surface area contributed by atoms with Gasteiger partial charge < -0.3 is 10.6 Å². The summed E-state index contributed by atoms with van der Waals surface area (Å²) in [6.45, 7) is 1.51. The van der Waals surface area contributed by atoms with E-state index in [0.717, 1.165) is 5.69 Å². The number of Topliss-reactive ketones (excluding diaryl/α,β-unsaturated/α-hetero) is 1. The second kappa shape index (κ2) is 7.93. The molecule has 0 aliphatic rings. The molecule has 0 atom stereocenters. The fourth-order valence-electron chi connectivity index (χ4n) is 2.47. The van der Waals surface area contributed by atoms with Crippen LogP contribution in [0.25, 0.3) is 0 Å². The second-order valence-electron chi connectivity index (χ2n) is 5.83. The number of benzene rings is 2. The van der Waals surface area contributed by atoms with Crippen LogP contribution < -0.4 is 10.6 Å². The van der Waals surface area contributed by atoms with Gasteiger partial charge in [0.2, 0.25) is 0 Å². The summed E-state index contributed by atoms with van der Waals surface area (Å²) in [7, 11) is 0. The average Bonchev–Trinajstić information content (AvgIpc) is 2.69. The van der Waals surface area contributed by atoms with Crippen molar-refractivity contribution in [3.05, 3.63) is 83.7 Å². The van der Waals surface area contributed by atoms with Crippen molar-refractivity contribution in [1.82, 2.24) is 4.98 Å². The summed E-state index contributed by atoms with van der Waals surface area (Å²) in [6, 6.07) is 17.5. The standard InChI is InChI=1S/C21H16N4O2/c1-14(26)15-6-8-18(9-7-15)24-19-10-17(12-23-13-19)21(27)25-20-5-3-2-4-16(20)11-22/h2-10,12-13,24H,1H3,(H,25,27). The number of amides is 1. The monoisotopic (exact) mass is 356 g/mol. The highest BCUT2D eigenvalue weighted by molar-refractivity contribution is 6.05. The summed E-state index contributed by atoms with van der Waals surface area (Å²) in [5.41, 5.74) is 3.22. The summed E-state index contributed by atoms with van der Waals surface area (Å²) in [5.74, 6) is -0.361. The summed E-state index contributed by atoms with van der Waals surface area (Å²) < 4.78 is 0. The zero-order valence-corrected chi connectivity index (χ0v) is 14.6. The van der Waals surface area contributed by atoms with Crippen molar-refractivity contribution in [1.29, 1.82) is 5.26 Å². The van der Waals surface area contributed by atoms with Crippen LogP contribution in [-0.4, -0.2) is 16.7 Å². The van der Waals surface area contributed by atoms with Gasteiger partial charge in [0.1, 0.15) is 6.07 Å². The van der Waals surface area contributed by atoms with Crippen LogP contribution >= 0.6 is 0 Å². The van der Waals surface area contributed by atoms with Gasteiger partial charge in [-0.15, -0.1) is 0 Å². The number of para-hydroxylation sites is 1. The molecule has 27 heavy (non-hydrogen) atoms. The van der Waals surface area contributed by atoms with E-state index in [0.29, 0.717) is 28.1 Å². The maximum atomic E-state index is 12.5. The number of anilines is 3. The van der Waals surface area contributed by atoms with Gasteiger partial charge in [-0.05, 0) is 49.4 Å². The van der Waals surface area contributed by atoms with Crippen molar-refractivity contribution >= 4 is 28.8 Å². The molecule has 0 unspecified atom stereocenters. The van der Waals surface area contributed by atoms with Gasteiger partial charge in [-0.1, -0.05) is 12.1 Å². The van der Waals surface area contributed by atoms with Crippen molar-refractivity contribution < 1.29 is 9.59 Å². The maximum absolute atomic E-state index is 12.5. The van der Waals surface area contributed by atoms with Gasteiger partial charge in [0, 0.05) is 17.4 Å². The predicted molar refractivity (Wildman–Crippen MR) is 103 cm³/mol. The molecule has 6 nitrogen and oxygen atoms in total. The first-order valence-electron chi connectivity index (χ1n) is 8.20. The van der Waals surface area contributed by atoms with Crippen molar-refractivity contribution in [2.45, 2.75) is 6.92 Å². The molecule has 0 fully saturated rings. The third-order valence-corrected chi connectivity index (χ3v) is 3.88. The van der Waals surface area contributed by atoms with Gasteiger partial charge in [-0.3, -0.25) is 14.6 Å². The normalized spacial score (nSPS) is 9.93. The third kappa shape index (κ3) is 4.35. The summed E-state index contributed by atoms with van der Waals surface area (Å²) in [6.07, 6.45) is 3.05. The Hall–Kier alpha value is -3.98. The number of aromatic nitrogens is 1. The van der Waals surface area contributed by atoms with Crippen molar-refractivity contribution in [3.8, 4) is 6.07 Å². The van der Waals surface area contributed by atoms with E-state index in [1.165, 1.54) is 13.1 Å². The van der Waals surface area contributed by atoms with Gasteiger partial charge in [0.05, 0.1) is 28.7 Å². The topological polar surface area (TPSA) is 94.9 Å². The number of pyridine rings is 1. The minimum Gasteiger partial charge on any atom is -0.354 e. The Kier molecular flexibility index (Phi) is 5.24. The highest BCUT2D eigenvalue weighted by Gasteiger charge is 2.10. The zero-order valence-electron chi connectivity index (χ0n) is 14.6. The lowest BCUT2D eigenvalue weighted by Crippen LogP contribution is -2.13. The molecule has 6 heteroatoms. The van der Waals surface area contributed by atoms with Crippen molar-refractivity contribution in [2.24, 2.45) is 0 Å². The fraction of sp³-hybridized carbons (Fsp3) is 0.0476. The minimum absolute atomic E-state index is 0.000430. The molecule has 0 bridgehead atoms.